The average Bonchev–Trinajstić information content (AvgIpc) is 2.84. The monoisotopic (exact) mass is 321 g/mol. The highest BCUT2D eigenvalue weighted by Gasteiger charge is 2.23. The maximum Gasteiger partial charge on any atom is 0.261 e. The molecule has 2 nitrogen and oxygen atoms in total. The van der Waals surface area contributed by atoms with Crippen LogP contribution < -0.4 is 5.32 Å². The third-order valence-electron chi connectivity index (χ3n) is 2.83. The van der Waals surface area contributed by atoms with Crippen LogP contribution in [0.4, 0.5) is 0 Å². The molecule has 1 fully saturated rings. The van der Waals surface area contributed by atoms with Gasteiger partial charge in [0.1, 0.15) is 0 Å². The molecule has 1 saturated carbocycles. The number of nitrogens with one attached hydrogen (secondary N) is 1. The number of hydrogen-bond donors (Lipinski definition) is 1. The molecule has 0 radical (unpaired) electrons. The van der Waals surface area contributed by atoms with Crippen LogP contribution in [0.15, 0.2) is 15.9 Å². The van der Waals surface area contributed by atoms with Crippen LogP contribution in [0.3, 0.4) is 0 Å². The highest BCUT2D eigenvalue weighted by atomic mass is 79.9. The van der Waals surface area contributed by atoms with Gasteiger partial charge in [0.15, 0.2) is 0 Å². The molecule has 2 unspecified atom stereocenters. The zero-order valence-electron chi connectivity index (χ0n) is 8.71. The molecular weight excluding hydrogens is 310 g/mol. The minimum absolute atomic E-state index is 0.0220. The Bertz CT molecular complexity index is 382. The van der Waals surface area contributed by atoms with Crippen molar-refractivity contribution in [2.24, 2.45) is 5.92 Å². The van der Waals surface area contributed by atoms with Gasteiger partial charge < -0.3 is 5.32 Å². The molecule has 0 aliphatic heterocycles. The first-order valence-electron chi connectivity index (χ1n) is 5.33. The van der Waals surface area contributed by atoms with Gasteiger partial charge >= 0.3 is 0 Å². The first kappa shape index (κ1) is 12.4. The molecule has 2 atom stereocenters. The number of carbonyl (C=O) groups excluding carboxylic acids is 1. The van der Waals surface area contributed by atoms with Gasteiger partial charge in [-0.1, -0.05) is 0 Å². The van der Waals surface area contributed by atoms with Crippen LogP contribution >= 0.6 is 38.9 Å². The van der Waals surface area contributed by atoms with Crippen LogP contribution in [0.25, 0.3) is 0 Å². The van der Waals surface area contributed by atoms with Crippen molar-refractivity contribution >= 4 is 44.8 Å². The van der Waals surface area contributed by atoms with E-state index < -0.39 is 0 Å². The molecule has 1 amide bonds. The Morgan fingerprint density at radius 1 is 1.56 bits per heavy atom. The van der Waals surface area contributed by atoms with Crippen LogP contribution in [0.2, 0.25) is 0 Å². The van der Waals surface area contributed by atoms with E-state index in [2.05, 4.69) is 21.2 Å². The lowest BCUT2D eigenvalue weighted by molar-refractivity contribution is 0.0951. The summed E-state index contributed by atoms with van der Waals surface area (Å²) in [4.78, 5) is 12.5. The second kappa shape index (κ2) is 5.52. The molecule has 1 aromatic heterocycles. The van der Waals surface area contributed by atoms with E-state index in [1.165, 1.54) is 11.3 Å². The van der Waals surface area contributed by atoms with Gasteiger partial charge in [-0.05, 0) is 53.2 Å². The fraction of sp³-hybridized carbons (Fsp3) is 0.545. The Morgan fingerprint density at radius 3 is 2.94 bits per heavy atom. The summed E-state index contributed by atoms with van der Waals surface area (Å²) in [6.45, 7) is 0.748. The Morgan fingerprint density at radius 2 is 2.38 bits per heavy atom. The zero-order chi connectivity index (χ0) is 11.5. The summed E-state index contributed by atoms with van der Waals surface area (Å²) < 4.78 is 0.985. The van der Waals surface area contributed by atoms with Crippen LogP contribution in [0.5, 0.6) is 0 Å². The molecular formula is C11H13BrClNOS. The highest BCUT2D eigenvalue weighted by molar-refractivity contribution is 9.11. The lowest BCUT2D eigenvalue weighted by atomic mass is 10.1. The maximum atomic E-state index is 11.7. The standard InChI is InChI=1S/C11H13BrClNOS/c12-10-4-3-9(16-10)11(15)14-6-7-1-2-8(13)5-7/h3-4,7-8H,1-2,5-6H2,(H,14,15). The molecule has 88 valence electrons. The Hall–Kier alpha value is -0.0600. The van der Waals surface area contributed by atoms with Crippen molar-refractivity contribution in [2.75, 3.05) is 6.54 Å². The van der Waals surface area contributed by atoms with E-state index >= 15 is 0 Å². The van der Waals surface area contributed by atoms with E-state index in [9.17, 15) is 4.79 Å². The van der Waals surface area contributed by atoms with Crippen LogP contribution in [-0.2, 0) is 0 Å². The maximum absolute atomic E-state index is 11.7. The molecule has 1 aliphatic rings. The van der Waals surface area contributed by atoms with Gasteiger partial charge in [0.25, 0.3) is 5.91 Å². The molecule has 1 aliphatic carbocycles. The third kappa shape index (κ3) is 3.22. The average molecular weight is 323 g/mol. The number of halogens is 2. The summed E-state index contributed by atoms with van der Waals surface area (Å²) in [7, 11) is 0. The van der Waals surface area contributed by atoms with Gasteiger partial charge in [-0.15, -0.1) is 22.9 Å². The van der Waals surface area contributed by atoms with E-state index in [1.54, 1.807) is 0 Å². The van der Waals surface area contributed by atoms with Crippen molar-refractivity contribution in [3.63, 3.8) is 0 Å². The predicted molar refractivity (Wildman–Crippen MR) is 71.3 cm³/mol. The molecule has 16 heavy (non-hydrogen) atoms. The molecule has 0 saturated heterocycles. The number of carbonyl (C=O) groups is 1. The van der Waals surface area contributed by atoms with Gasteiger partial charge in [-0.25, -0.2) is 0 Å². The normalized spacial score (nSPS) is 24.6. The molecule has 1 N–H and O–H groups in total. The number of thiophene rings is 1. The van der Waals surface area contributed by atoms with Crippen molar-refractivity contribution in [3.8, 4) is 0 Å². The van der Waals surface area contributed by atoms with Gasteiger partial charge in [0.2, 0.25) is 0 Å². The first-order chi connectivity index (χ1) is 7.65. The largest absolute Gasteiger partial charge is 0.351 e. The fourth-order valence-electron chi connectivity index (χ4n) is 1.96. The molecule has 5 heteroatoms. The fourth-order valence-corrected chi connectivity index (χ4v) is 3.64. The summed E-state index contributed by atoms with van der Waals surface area (Å²) in [5.74, 6) is 0.573. The minimum Gasteiger partial charge on any atom is -0.351 e. The number of alkyl halides is 1. The smallest absolute Gasteiger partial charge is 0.261 e. The van der Waals surface area contributed by atoms with Gasteiger partial charge in [-0.2, -0.15) is 0 Å². The van der Waals surface area contributed by atoms with Crippen LogP contribution in [0, 0.1) is 5.92 Å². The first-order valence-corrected chi connectivity index (χ1v) is 7.37. The van der Waals surface area contributed by atoms with Gasteiger partial charge in [-0.3, -0.25) is 4.79 Å². The lowest BCUT2D eigenvalue weighted by Crippen LogP contribution is -2.27. The molecule has 2 rings (SSSR count). The summed E-state index contributed by atoms with van der Waals surface area (Å²) in [6, 6.07) is 3.73. The minimum atomic E-state index is 0.0220. The molecule has 1 aromatic rings. The van der Waals surface area contributed by atoms with E-state index in [0.717, 1.165) is 34.5 Å². The van der Waals surface area contributed by atoms with E-state index in [-0.39, 0.29) is 5.91 Å². The van der Waals surface area contributed by atoms with Crippen LogP contribution in [0.1, 0.15) is 28.9 Å². The second-order valence-corrected chi connectivity index (χ2v) is 7.17. The summed E-state index contributed by atoms with van der Waals surface area (Å²) in [5.41, 5.74) is 0. The zero-order valence-corrected chi connectivity index (χ0v) is 11.9. The van der Waals surface area contributed by atoms with Gasteiger partial charge in [0.05, 0.1) is 8.66 Å². The number of amides is 1. The van der Waals surface area contributed by atoms with Crippen LogP contribution in [-0.4, -0.2) is 17.8 Å². The molecule has 1 heterocycles. The van der Waals surface area contributed by atoms with Crippen molar-refractivity contribution in [2.45, 2.75) is 24.6 Å². The van der Waals surface area contributed by atoms with E-state index in [4.69, 9.17) is 11.6 Å². The van der Waals surface area contributed by atoms with Gasteiger partial charge in [0, 0.05) is 11.9 Å². The topological polar surface area (TPSA) is 29.1 Å². The van der Waals surface area contributed by atoms with Crippen molar-refractivity contribution < 1.29 is 4.79 Å². The van der Waals surface area contributed by atoms with Crippen molar-refractivity contribution in [1.29, 1.82) is 0 Å². The summed E-state index contributed by atoms with van der Waals surface area (Å²) in [6.07, 6.45) is 3.23. The van der Waals surface area contributed by atoms with E-state index in [0.29, 0.717) is 11.3 Å². The second-order valence-electron chi connectivity index (χ2n) is 4.09. The summed E-state index contributed by atoms with van der Waals surface area (Å²) >= 11 is 10.8. The Balaban J connectivity index is 1.80. The number of hydrogen-bond acceptors (Lipinski definition) is 2. The molecule has 0 bridgehead atoms. The van der Waals surface area contributed by atoms with Crippen molar-refractivity contribution in [3.05, 3.63) is 20.8 Å². The van der Waals surface area contributed by atoms with E-state index in [1.807, 2.05) is 12.1 Å². The number of rotatable bonds is 3. The highest BCUT2D eigenvalue weighted by Crippen LogP contribution is 2.29. The Labute approximate surface area is 113 Å². The third-order valence-corrected chi connectivity index (χ3v) is 4.84. The lowest BCUT2D eigenvalue weighted by Gasteiger charge is -2.09. The summed E-state index contributed by atoms with van der Waals surface area (Å²) in [5, 5.41) is 3.27. The molecule has 0 aromatic carbocycles. The quantitative estimate of drug-likeness (QED) is 0.846. The molecule has 0 spiro atoms. The predicted octanol–water partition coefficient (Wildman–Crippen LogP) is 3.65. The van der Waals surface area contributed by atoms with Crippen molar-refractivity contribution in [1.82, 2.24) is 5.32 Å². The SMILES string of the molecule is O=C(NCC1CCC(Cl)C1)c1ccc(Br)s1. The Kier molecular flexibility index (Phi) is 4.27.